The molecule has 0 spiro atoms. The molecule has 0 saturated carbocycles. The summed E-state index contributed by atoms with van der Waals surface area (Å²) in [4.78, 5) is 39.8. The van der Waals surface area contributed by atoms with Crippen molar-refractivity contribution in [3.63, 3.8) is 0 Å². The van der Waals surface area contributed by atoms with Crippen molar-refractivity contribution in [1.29, 1.82) is 0 Å². The molecule has 0 radical (unpaired) electrons. The second-order valence-corrected chi connectivity index (χ2v) is 12.3. The topological polar surface area (TPSA) is 118 Å². The molecule has 0 unspecified atom stereocenters. The summed E-state index contributed by atoms with van der Waals surface area (Å²) in [6.45, 7) is 4.98. The molecule has 0 amide bonds. The average molecular weight is 472 g/mol. The molecule has 0 aliphatic rings. The molecule has 0 aliphatic carbocycles. The molecule has 0 heterocycles. The maximum atomic E-state index is 11.9. The largest absolute Gasteiger partial charge is 0.354 e. The van der Waals surface area contributed by atoms with Crippen LogP contribution >= 0.6 is 15.2 Å². The van der Waals surface area contributed by atoms with Crippen molar-refractivity contribution in [2.45, 2.75) is 122 Å². The number of rotatable bonds is 21. The van der Waals surface area contributed by atoms with Crippen molar-refractivity contribution in [2.24, 2.45) is 0 Å². The molecule has 0 aromatic heterocycles. The lowest BCUT2D eigenvalue weighted by atomic mass is 10.1. The Morgan fingerprint density at radius 3 is 1.07 bits per heavy atom. The van der Waals surface area contributed by atoms with Gasteiger partial charge in [-0.25, -0.2) is 0 Å². The first-order valence-corrected chi connectivity index (χ1v) is 15.3. The molecule has 30 heavy (non-hydrogen) atoms. The van der Waals surface area contributed by atoms with Gasteiger partial charge in [0, 0.05) is 0 Å². The van der Waals surface area contributed by atoms with Crippen molar-refractivity contribution in [1.82, 2.24) is 4.90 Å². The first kappa shape index (κ1) is 30.3. The van der Waals surface area contributed by atoms with E-state index in [9.17, 15) is 28.7 Å². The van der Waals surface area contributed by atoms with Gasteiger partial charge in [-0.05, 0) is 25.9 Å². The van der Waals surface area contributed by atoms with Crippen LogP contribution in [0.1, 0.15) is 117 Å². The molecule has 182 valence electrons. The summed E-state index contributed by atoms with van der Waals surface area (Å²) in [6, 6.07) is 0. The minimum atomic E-state index is -4.94. The van der Waals surface area contributed by atoms with Crippen LogP contribution in [0.2, 0.25) is 0 Å². The lowest BCUT2D eigenvalue weighted by molar-refractivity contribution is 0.217. The van der Waals surface area contributed by atoms with E-state index in [4.69, 9.17) is 0 Å². The number of hydrogen-bond donors (Lipinski definition) is 4. The van der Waals surface area contributed by atoms with E-state index in [1.807, 2.05) is 0 Å². The van der Waals surface area contributed by atoms with Gasteiger partial charge in [-0.2, -0.15) is 0 Å². The minimum absolute atomic E-state index is 0.312. The smallest absolute Gasteiger partial charge is 0.323 e. The van der Waals surface area contributed by atoms with Gasteiger partial charge >= 0.3 is 15.2 Å². The monoisotopic (exact) mass is 471 g/mol. The van der Waals surface area contributed by atoms with Crippen molar-refractivity contribution >= 4 is 15.2 Å². The molecule has 0 aliphatic heterocycles. The Balaban J connectivity index is 4.52. The number of hydrogen-bond acceptors (Lipinski definition) is 3. The second kappa shape index (κ2) is 17.8. The molecule has 0 rings (SSSR count). The first-order valence-electron chi connectivity index (χ1n) is 12.0. The highest BCUT2D eigenvalue weighted by Crippen LogP contribution is 2.61. The van der Waals surface area contributed by atoms with Crippen molar-refractivity contribution in [3.05, 3.63) is 0 Å². The Morgan fingerprint density at radius 2 is 0.800 bits per heavy atom. The Kier molecular flexibility index (Phi) is 17.9. The summed E-state index contributed by atoms with van der Waals surface area (Å²) in [5.74, 6) is 0. The predicted molar refractivity (Wildman–Crippen MR) is 125 cm³/mol. The van der Waals surface area contributed by atoms with E-state index >= 15 is 0 Å². The Morgan fingerprint density at radius 1 is 0.533 bits per heavy atom. The fraction of sp³-hybridized carbons (Fsp3) is 1.00. The quantitative estimate of drug-likeness (QED) is 0.116. The van der Waals surface area contributed by atoms with Gasteiger partial charge in [0.05, 0.1) is 0 Å². The van der Waals surface area contributed by atoms with Crippen LogP contribution in [0.4, 0.5) is 0 Å². The zero-order chi connectivity index (χ0) is 22.9. The van der Waals surface area contributed by atoms with Gasteiger partial charge in [0.15, 0.2) is 0 Å². The zero-order valence-corrected chi connectivity index (χ0v) is 21.0. The summed E-state index contributed by atoms with van der Waals surface area (Å²) < 4.78 is 23.7. The highest BCUT2D eigenvalue weighted by atomic mass is 31.2. The molecule has 4 N–H and O–H groups in total. The molecule has 0 saturated heterocycles. The lowest BCUT2D eigenvalue weighted by Gasteiger charge is -2.32. The SMILES string of the molecule is CCCCCCCCCCN(CCCCCCCCCC)C(P(=O)(O)O)P(=O)(O)O. The molecular weight excluding hydrogens is 424 g/mol. The maximum Gasteiger partial charge on any atom is 0.354 e. The van der Waals surface area contributed by atoms with Gasteiger partial charge in [0.2, 0.25) is 5.52 Å². The third kappa shape index (κ3) is 16.0. The summed E-state index contributed by atoms with van der Waals surface area (Å²) in [6.07, 6.45) is 17.4. The third-order valence-corrected chi connectivity index (χ3v) is 9.19. The van der Waals surface area contributed by atoms with Gasteiger partial charge in [0.1, 0.15) is 0 Å². The van der Waals surface area contributed by atoms with Crippen molar-refractivity contribution < 1.29 is 28.7 Å². The fourth-order valence-corrected chi connectivity index (χ4v) is 6.74. The second-order valence-electron chi connectivity index (χ2n) is 8.51. The van der Waals surface area contributed by atoms with Gasteiger partial charge in [0.25, 0.3) is 0 Å². The minimum Gasteiger partial charge on any atom is -0.323 e. The van der Waals surface area contributed by atoms with E-state index in [0.29, 0.717) is 25.9 Å². The van der Waals surface area contributed by atoms with E-state index in [0.717, 1.165) is 38.5 Å². The summed E-state index contributed by atoms with van der Waals surface area (Å²) in [5, 5.41) is 0. The molecule has 9 heteroatoms. The third-order valence-electron chi connectivity index (χ3n) is 5.53. The molecule has 0 aromatic carbocycles. The van der Waals surface area contributed by atoms with Crippen molar-refractivity contribution in [2.75, 3.05) is 13.1 Å². The van der Waals surface area contributed by atoms with Crippen LogP contribution in [0.25, 0.3) is 0 Å². The first-order chi connectivity index (χ1) is 14.1. The molecule has 0 atom stereocenters. The standard InChI is InChI=1S/C21H47NO6P2/c1-3-5-7-9-11-13-15-17-19-22(21(29(23,24)25)30(26,27)28)20-18-16-14-12-10-8-6-4-2/h21H,3-20H2,1-2H3,(H2,23,24,25)(H2,26,27,28). The predicted octanol–water partition coefficient (Wildman–Crippen LogP) is 6.21. The van der Waals surface area contributed by atoms with Gasteiger partial charge in [-0.15, -0.1) is 0 Å². The maximum absolute atomic E-state index is 11.9. The van der Waals surface area contributed by atoms with E-state index in [2.05, 4.69) is 13.8 Å². The van der Waals surface area contributed by atoms with E-state index in [1.165, 1.54) is 56.3 Å². The number of nitrogens with zero attached hydrogens (tertiary/aromatic N) is 1. The molecular formula is C21H47NO6P2. The normalized spacial score (nSPS) is 12.9. The highest BCUT2D eigenvalue weighted by Gasteiger charge is 2.47. The fourth-order valence-electron chi connectivity index (χ4n) is 3.86. The van der Waals surface area contributed by atoms with Crippen LogP contribution in [0, 0.1) is 0 Å². The van der Waals surface area contributed by atoms with Crippen molar-refractivity contribution in [3.8, 4) is 0 Å². The number of unbranched alkanes of at least 4 members (excludes halogenated alkanes) is 14. The van der Waals surface area contributed by atoms with Gasteiger partial charge < -0.3 is 19.6 Å². The van der Waals surface area contributed by atoms with E-state index < -0.39 is 20.7 Å². The molecule has 0 aromatic rings. The Hall–Kier alpha value is 0.260. The molecule has 7 nitrogen and oxygen atoms in total. The Bertz CT molecular complexity index is 452. The van der Waals surface area contributed by atoms with Gasteiger partial charge in [-0.3, -0.25) is 14.0 Å². The van der Waals surface area contributed by atoms with Crippen LogP contribution in [0.15, 0.2) is 0 Å². The average Bonchev–Trinajstić information content (AvgIpc) is 2.63. The molecule has 0 fully saturated rings. The lowest BCUT2D eigenvalue weighted by Crippen LogP contribution is -2.36. The zero-order valence-electron chi connectivity index (χ0n) is 19.3. The summed E-state index contributed by atoms with van der Waals surface area (Å²) in [7, 11) is -9.88. The highest BCUT2D eigenvalue weighted by molar-refractivity contribution is 7.70. The van der Waals surface area contributed by atoms with Crippen LogP contribution in [-0.2, 0) is 9.13 Å². The summed E-state index contributed by atoms with van der Waals surface area (Å²) in [5.41, 5.74) is -2.01. The van der Waals surface area contributed by atoms with Crippen LogP contribution in [0.5, 0.6) is 0 Å². The van der Waals surface area contributed by atoms with Crippen LogP contribution in [-0.4, -0.2) is 43.1 Å². The Labute approximate surface area is 184 Å². The van der Waals surface area contributed by atoms with E-state index in [-0.39, 0.29) is 0 Å². The summed E-state index contributed by atoms with van der Waals surface area (Å²) >= 11 is 0. The van der Waals surface area contributed by atoms with E-state index in [1.54, 1.807) is 0 Å². The van der Waals surface area contributed by atoms with Gasteiger partial charge in [-0.1, -0.05) is 104 Å². The molecule has 0 bridgehead atoms. The van der Waals surface area contributed by atoms with Crippen LogP contribution < -0.4 is 0 Å². The van der Waals surface area contributed by atoms with Crippen LogP contribution in [0.3, 0.4) is 0 Å².